The second-order valence-electron chi connectivity index (χ2n) is 6.29. The zero-order chi connectivity index (χ0) is 16.0. The summed E-state index contributed by atoms with van der Waals surface area (Å²) in [6.07, 6.45) is 1.40. The van der Waals surface area contributed by atoms with Crippen molar-refractivity contribution in [3.63, 3.8) is 0 Å². The summed E-state index contributed by atoms with van der Waals surface area (Å²) in [7, 11) is -3.60. The molecule has 0 saturated carbocycles. The van der Waals surface area contributed by atoms with E-state index in [0.29, 0.717) is 19.6 Å². The SMILES string of the molecule is CC1(C)COCN1S(=O)(=O)c1ccc(N2CCCC2=O)cc1. The molecular weight excluding hydrogens is 304 g/mol. The van der Waals surface area contributed by atoms with E-state index in [-0.39, 0.29) is 17.5 Å². The van der Waals surface area contributed by atoms with Crippen LogP contribution in [0.5, 0.6) is 0 Å². The second-order valence-corrected chi connectivity index (χ2v) is 8.15. The number of rotatable bonds is 3. The monoisotopic (exact) mass is 324 g/mol. The normalized spacial score (nSPS) is 22.5. The van der Waals surface area contributed by atoms with E-state index in [1.54, 1.807) is 29.2 Å². The molecule has 0 bridgehead atoms. The molecule has 6 nitrogen and oxygen atoms in total. The van der Waals surface area contributed by atoms with Gasteiger partial charge < -0.3 is 9.64 Å². The largest absolute Gasteiger partial charge is 0.363 e. The van der Waals surface area contributed by atoms with E-state index in [9.17, 15) is 13.2 Å². The Balaban J connectivity index is 1.88. The van der Waals surface area contributed by atoms with Crippen LogP contribution in [0.3, 0.4) is 0 Å². The zero-order valence-corrected chi connectivity index (χ0v) is 13.6. The molecule has 0 unspecified atom stereocenters. The van der Waals surface area contributed by atoms with Crippen molar-refractivity contribution in [3.05, 3.63) is 24.3 Å². The molecule has 2 aliphatic rings. The molecule has 0 N–H and O–H groups in total. The summed E-state index contributed by atoms with van der Waals surface area (Å²) in [5.74, 6) is 0.0877. The molecule has 120 valence electrons. The van der Waals surface area contributed by atoms with Crippen molar-refractivity contribution < 1.29 is 17.9 Å². The Kier molecular flexibility index (Phi) is 3.74. The van der Waals surface area contributed by atoms with E-state index >= 15 is 0 Å². The van der Waals surface area contributed by atoms with Gasteiger partial charge in [0.25, 0.3) is 0 Å². The number of amides is 1. The van der Waals surface area contributed by atoms with Gasteiger partial charge in [-0.2, -0.15) is 4.31 Å². The maximum Gasteiger partial charge on any atom is 0.245 e. The van der Waals surface area contributed by atoms with Gasteiger partial charge in [-0.25, -0.2) is 8.42 Å². The summed E-state index contributed by atoms with van der Waals surface area (Å²) >= 11 is 0. The van der Waals surface area contributed by atoms with Crippen molar-refractivity contribution in [2.45, 2.75) is 37.1 Å². The molecule has 0 aromatic heterocycles. The Morgan fingerprint density at radius 1 is 1.18 bits per heavy atom. The van der Waals surface area contributed by atoms with Crippen LogP contribution in [0.15, 0.2) is 29.2 Å². The van der Waals surface area contributed by atoms with E-state index in [4.69, 9.17) is 4.74 Å². The average Bonchev–Trinajstić information content (AvgIpc) is 3.04. The number of anilines is 1. The highest BCUT2D eigenvalue weighted by Crippen LogP contribution is 2.30. The first-order valence-electron chi connectivity index (χ1n) is 7.33. The predicted molar refractivity (Wildman–Crippen MR) is 82.0 cm³/mol. The minimum absolute atomic E-state index is 0.0711. The quantitative estimate of drug-likeness (QED) is 0.846. The van der Waals surface area contributed by atoms with Crippen molar-refractivity contribution in [3.8, 4) is 0 Å². The number of carbonyl (C=O) groups excluding carboxylic acids is 1. The highest BCUT2D eigenvalue weighted by atomic mass is 32.2. The number of ether oxygens (including phenoxy) is 1. The molecule has 2 fully saturated rings. The lowest BCUT2D eigenvalue weighted by Crippen LogP contribution is -2.44. The van der Waals surface area contributed by atoms with Crippen molar-refractivity contribution in [2.75, 3.05) is 24.8 Å². The van der Waals surface area contributed by atoms with Crippen LogP contribution in [-0.4, -0.2) is 44.1 Å². The molecule has 2 heterocycles. The summed E-state index contributed by atoms with van der Waals surface area (Å²) in [6, 6.07) is 6.51. The summed E-state index contributed by atoms with van der Waals surface area (Å²) in [6.45, 7) is 4.83. The molecule has 0 spiro atoms. The summed E-state index contributed by atoms with van der Waals surface area (Å²) in [5, 5.41) is 0. The molecular formula is C15H20N2O4S. The number of sulfonamides is 1. The Morgan fingerprint density at radius 3 is 2.36 bits per heavy atom. The smallest absolute Gasteiger partial charge is 0.245 e. The molecule has 0 atom stereocenters. The first-order chi connectivity index (χ1) is 10.3. The van der Waals surface area contributed by atoms with Gasteiger partial charge in [0, 0.05) is 18.7 Å². The molecule has 22 heavy (non-hydrogen) atoms. The lowest BCUT2D eigenvalue weighted by Gasteiger charge is -2.28. The Bertz CT molecular complexity index is 682. The molecule has 3 rings (SSSR count). The van der Waals surface area contributed by atoms with Crippen LogP contribution in [-0.2, 0) is 19.6 Å². The zero-order valence-electron chi connectivity index (χ0n) is 12.8. The standard InChI is InChI=1S/C15H20N2O4S/c1-15(2)10-21-11-17(15)22(19,20)13-7-5-12(6-8-13)16-9-3-4-14(16)18/h5-8H,3-4,9-11H2,1-2H3. The van der Waals surface area contributed by atoms with Gasteiger partial charge in [0.1, 0.15) is 6.73 Å². The topological polar surface area (TPSA) is 66.9 Å². The number of hydrogen-bond acceptors (Lipinski definition) is 4. The Hall–Kier alpha value is -1.44. The molecule has 2 aliphatic heterocycles. The number of hydrogen-bond donors (Lipinski definition) is 0. The molecule has 7 heteroatoms. The first-order valence-corrected chi connectivity index (χ1v) is 8.77. The van der Waals surface area contributed by atoms with E-state index < -0.39 is 15.6 Å². The highest BCUT2D eigenvalue weighted by molar-refractivity contribution is 7.89. The minimum atomic E-state index is -3.60. The fourth-order valence-corrected chi connectivity index (χ4v) is 4.52. The Labute approximate surface area is 130 Å². The maximum atomic E-state index is 12.7. The van der Waals surface area contributed by atoms with Crippen LogP contribution in [0.2, 0.25) is 0 Å². The Morgan fingerprint density at radius 2 is 1.86 bits per heavy atom. The molecule has 1 amide bonds. The van der Waals surface area contributed by atoms with E-state index in [2.05, 4.69) is 0 Å². The van der Waals surface area contributed by atoms with Crippen LogP contribution in [0.25, 0.3) is 0 Å². The fraction of sp³-hybridized carbons (Fsp3) is 0.533. The van der Waals surface area contributed by atoms with Gasteiger partial charge in [0.15, 0.2) is 0 Å². The van der Waals surface area contributed by atoms with Gasteiger partial charge in [-0.3, -0.25) is 4.79 Å². The molecule has 1 aromatic rings. The molecule has 0 aliphatic carbocycles. The van der Waals surface area contributed by atoms with Gasteiger partial charge in [0.05, 0.1) is 17.0 Å². The van der Waals surface area contributed by atoms with Gasteiger partial charge in [-0.05, 0) is 44.5 Å². The third-order valence-corrected chi connectivity index (χ3v) is 6.20. The van der Waals surface area contributed by atoms with Crippen molar-refractivity contribution >= 4 is 21.6 Å². The lowest BCUT2D eigenvalue weighted by molar-refractivity contribution is -0.117. The van der Waals surface area contributed by atoms with Crippen LogP contribution in [0, 0.1) is 0 Å². The van der Waals surface area contributed by atoms with Gasteiger partial charge in [-0.15, -0.1) is 0 Å². The van der Waals surface area contributed by atoms with Crippen molar-refractivity contribution in [1.29, 1.82) is 0 Å². The van der Waals surface area contributed by atoms with E-state index in [0.717, 1.165) is 12.1 Å². The molecule has 0 radical (unpaired) electrons. The summed E-state index contributed by atoms with van der Waals surface area (Å²) in [4.78, 5) is 13.7. The fourth-order valence-electron chi connectivity index (χ4n) is 2.87. The average molecular weight is 324 g/mol. The second kappa shape index (κ2) is 5.33. The molecule has 1 aromatic carbocycles. The van der Waals surface area contributed by atoms with Crippen LogP contribution in [0.1, 0.15) is 26.7 Å². The predicted octanol–water partition coefficient (Wildman–Crippen LogP) is 1.57. The van der Waals surface area contributed by atoms with Crippen LogP contribution in [0.4, 0.5) is 5.69 Å². The number of nitrogens with zero attached hydrogens (tertiary/aromatic N) is 2. The van der Waals surface area contributed by atoms with Crippen LogP contribution >= 0.6 is 0 Å². The number of carbonyl (C=O) groups is 1. The summed E-state index contributed by atoms with van der Waals surface area (Å²) in [5.41, 5.74) is 0.195. The lowest BCUT2D eigenvalue weighted by atomic mass is 10.1. The van der Waals surface area contributed by atoms with Crippen LogP contribution < -0.4 is 4.90 Å². The van der Waals surface area contributed by atoms with Gasteiger partial charge in [-0.1, -0.05) is 0 Å². The van der Waals surface area contributed by atoms with Gasteiger partial charge >= 0.3 is 0 Å². The first kappa shape index (κ1) is 15.5. The van der Waals surface area contributed by atoms with Crippen molar-refractivity contribution in [1.82, 2.24) is 4.31 Å². The third-order valence-electron chi connectivity index (χ3n) is 4.15. The number of benzene rings is 1. The van der Waals surface area contributed by atoms with E-state index in [1.165, 1.54) is 4.31 Å². The maximum absolute atomic E-state index is 12.7. The van der Waals surface area contributed by atoms with E-state index in [1.807, 2.05) is 13.8 Å². The van der Waals surface area contributed by atoms with Crippen molar-refractivity contribution in [2.24, 2.45) is 0 Å². The molecule has 2 saturated heterocycles. The third kappa shape index (κ3) is 2.53. The summed E-state index contributed by atoms with van der Waals surface area (Å²) < 4.78 is 32.1. The minimum Gasteiger partial charge on any atom is -0.363 e. The van der Waals surface area contributed by atoms with Gasteiger partial charge in [0.2, 0.25) is 15.9 Å². The highest BCUT2D eigenvalue weighted by Gasteiger charge is 2.42.